The molecule has 3 aromatic rings. The summed E-state index contributed by atoms with van der Waals surface area (Å²) in [4.78, 5) is 6.24. The number of rotatable bonds is 3. The number of thiophene rings is 1. The summed E-state index contributed by atoms with van der Waals surface area (Å²) in [6, 6.07) is 19.1. The summed E-state index contributed by atoms with van der Waals surface area (Å²) in [6.45, 7) is 0.743. The van der Waals surface area contributed by atoms with Gasteiger partial charge in [0.2, 0.25) is 0 Å². The van der Waals surface area contributed by atoms with Crippen molar-refractivity contribution in [2.45, 2.75) is 12.5 Å². The van der Waals surface area contributed by atoms with E-state index in [-0.39, 0.29) is 11.9 Å². The normalized spacial score (nSPS) is 16.7. The van der Waals surface area contributed by atoms with E-state index in [4.69, 9.17) is 4.99 Å². The second-order valence-electron chi connectivity index (χ2n) is 5.82. The Balaban J connectivity index is 1.80. The van der Waals surface area contributed by atoms with E-state index in [2.05, 4.69) is 22.8 Å². The maximum absolute atomic E-state index is 14.4. The minimum absolute atomic E-state index is 0.0747. The minimum atomic E-state index is -0.233. The van der Waals surface area contributed by atoms with Crippen molar-refractivity contribution < 1.29 is 4.39 Å². The molecule has 0 fully saturated rings. The van der Waals surface area contributed by atoms with Gasteiger partial charge in [0.25, 0.3) is 0 Å². The lowest BCUT2D eigenvalue weighted by molar-refractivity contribution is 0.624. The molecule has 0 spiro atoms. The monoisotopic (exact) mass is 336 g/mol. The van der Waals surface area contributed by atoms with Gasteiger partial charge in [0.1, 0.15) is 5.82 Å². The van der Waals surface area contributed by atoms with Gasteiger partial charge in [-0.1, -0.05) is 36.4 Å². The zero-order valence-electron chi connectivity index (χ0n) is 13.1. The third-order valence-corrected chi connectivity index (χ3v) is 5.07. The summed E-state index contributed by atoms with van der Waals surface area (Å²) in [5.41, 5.74) is 3.25. The topological polar surface area (TPSA) is 24.4 Å². The summed E-state index contributed by atoms with van der Waals surface area (Å²) in [5, 5.41) is 5.55. The van der Waals surface area contributed by atoms with Gasteiger partial charge in [0, 0.05) is 34.7 Å². The van der Waals surface area contributed by atoms with Gasteiger partial charge in [0.05, 0.1) is 11.8 Å². The standard InChI is InChI=1S/C20H17FN2S/c21-18-9-3-1-7-16(18)20-17-8-2-4-10-19(17)22-13-14(23-20)12-15-6-5-11-24-15/h1-11,14,22H,12-13H2. The molecule has 24 heavy (non-hydrogen) atoms. The Kier molecular flexibility index (Phi) is 4.13. The molecule has 1 atom stereocenters. The fraction of sp³-hybridized carbons (Fsp3) is 0.150. The van der Waals surface area contributed by atoms with Gasteiger partial charge in [-0.15, -0.1) is 11.3 Å². The lowest BCUT2D eigenvalue weighted by Gasteiger charge is -2.11. The van der Waals surface area contributed by atoms with Crippen molar-refractivity contribution in [1.82, 2.24) is 0 Å². The molecule has 2 aromatic carbocycles. The highest BCUT2D eigenvalue weighted by Gasteiger charge is 2.21. The molecule has 0 radical (unpaired) electrons. The molecule has 4 heteroatoms. The number of aliphatic imine (C=N–C) groups is 1. The van der Waals surface area contributed by atoms with Crippen molar-refractivity contribution in [3.63, 3.8) is 0 Å². The molecule has 1 aliphatic heterocycles. The summed E-state index contributed by atoms with van der Waals surface area (Å²) in [5.74, 6) is -0.233. The van der Waals surface area contributed by atoms with Crippen LogP contribution in [0.2, 0.25) is 0 Å². The van der Waals surface area contributed by atoms with E-state index in [9.17, 15) is 4.39 Å². The first kappa shape index (κ1) is 15.1. The molecular formula is C20H17FN2S. The van der Waals surface area contributed by atoms with Crippen LogP contribution in [0.15, 0.2) is 71.0 Å². The SMILES string of the molecule is Fc1ccccc1C1=NC(Cc2cccs2)CNc2ccccc21. The van der Waals surface area contributed by atoms with Crippen molar-refractivity contribution in [2.24, 2.45) is 4.99 Å². The number of hydrogen-bond donors (Lipinski definition) is 1. The lowest BCUT2D eigenvalue weighted by atomic mass is 10.00. The first-order valence-corrected chi connectivity index (χ1v) is 8.87. The van der Waals surface area contributed by atoms with Crippen LogP contribution in [0.5, 0.6) is 0 Å². The number of nitrogens with zero attached hydrogens (tertiary/aromatic N) is 1. The van der Waals surface area contributed by atoms with Gasteiger partial charge in [-0.3, -0.25) is 4.99 Å². The fourth-order valence-electron chi connectivity index (χ4n) is 3.02. The molecular weight excluding hydrogens is 319 g/mol. The Morgan fingerprint density at radius 2 is 1.79 bits per heavy atom. The van der Waals surface area contributed by atoms with Crippen molar-refractivity contribution in [3.8, 4) is 0 Å². The van der Waals surface area contributed by atoms with E-state index >= 15 is 0 Å². The van der Waals surface area contributed by atoms with Crippen molar-refractivity contribution in [1.29, 1.82) is 0 Å². The molecule has 0 bridgehead atoms. The van der Waals surface area contributed by atoms with Gasteiger partial charge in [-0.2, -0.15) is 0 Å². The predicted molar refractivity (Wildman–Crippen MR) is 98.8 cm³/mol. The molecule has 1 N–H and O–H groups in total. The average Bonchev–Trinajstić information content (AvgIpc) is 3.04. The van der Waals surface area contributed by atoms with Gasteiger partial charge in [-0.25, -0.2) is 4.39 Å². The van der Waals surface area contributed by atoms with Crippen LogP contribution in [0.3, 0.4) is 0 Å². The molecule has 1 unspecified atom stereocenters. The van der Waals surface area contributed by atoms with Crippen LogP contribution < -0.4 is 5.32 Å². The third-order valence-electron chi connectivity index (χ3n) is 4.17. The zero-order chi connectivity index (χ0) is 16.4. The fourth-order valence-corrected chi connectivity index (χ4v) is 3.79. The van der Waals surface area contributed by atoms with Crippen LogP contribution in [0.1, 0.15) is 16.0 Å². The van der Waals surface area contributed by atoms with E-state index in [0.29, 0.717) is 5.56 Å². The summed E-state index contributed by atoms with van der Waals surface area (Å²) in [7, 11) is 0. The second kappa shape index (κ2) is 6.57. The largest absolute Gasteiger partial charge is 0.382 e. The Morgan fingerprint density at radius 1 is 1.00 bits per heavy atom. The number of hydrogen-bond acceptors (Lipinski definition) is 3. The first-order valence-electron chi connectivity index (χ1n) is 7.99. The number of benzene rings is 2. The zero-order valence-corrected chi connectivity index (χ0v) is 13.9. The number of halogens is 1. The van der Waals surface area contributed by atoms with Crippen molar-refractivity contribution >= 4 is 22.7 Å². The highest BCUT2D eigenvalue weighted by molar-refractivity contribution is 7.09. The number of benzodiazepines with no additional fused rings is 1. The van der Waals surface area contributed by atoms with E-state index in [1.165, 1.54) is 10.9 Å². The summed E-state index contributed by atoms with van der Waals surface area (Å²) in [6.07, 6.45) is 0.858. The Morgan fingerprint density at radius 3 is 2.58 bits per heavy atom. The van der Waals surface area contributed by atoms with Crippen LogP contribution in [-0.4, -0.2) is 18.3 Å². The van der Waals surface area contributed by atoms with E-state index < -0.39 is 0 Å². The van der Waals surface area contributed by atoms with Gasteiger partial charge in [-0.05, 0) is 29.6 Å². The van der Waals surface area contributed by atoms with Gasteiger partial charge in [0.15, 0.2) is 0 Å². The van der Waals surface area contributed by atoms with Crippen LogP contribution >= 0.6 is 11.3 Å². The molecule has 2 heterocycles. The van der Waals surface area contributed by atoms with Gasteiger partial charge >= 0.3 is 0 Å². The Hall–Kier alpha value is -2.46. The predicted octanol–water partition coefficient (Wildman–Crippen LogP) is 4.76. The molecule has 1 aromatic heterocycles. The van der Waals surface area contributed by atoms with Crippen LogP contribution in [0.25, 0.3) is 0 Å². The first-order chi connectivity index (χ1) is 11.8. The maximum Gasteiger partial charge on any atom is 0.132 e. The molecule has 0 saturated carbocycles. The summed E-state index contributed by atoms with van der Waals surface area (Å²) < 4.78 is 14.4. The highest BCUT2D eigenvalue weighted by Crippen LogP contribution is 2.26. The number of anilines is 1. The average molecular weight is 336 g/mol. The number of nitrogens with one attached hydrogen (secondary N) is 1. The molecule has 1 aliphatic rings. The Labute approximate surface area is 144 Å². The lowest BCUT2D eigenvalue weighted by Crippen LogP contribution is -2.19. The number of fused-ring (bicyclic) bond motifs is 1. The molecule has 2 nitrogen and oxygen atoms in total. The molecule has 0 aliphatic carbocycles. The van der Waals surface area contributed by atoms with Crippen LogP contribution in [-0.2, 0) is 6.42 Å². The molecule has 4 rings (SSSR count). The smallest absolute Gasteiger partial charge is 0.132 e. The van der Waals surface area contributed by atoms with E-state index in [0.717, 1.165) is 29.9 Å². The van der Waals surface area contributed by atoms with E-state index in [1.54, 1.807) is 23.5 Å². The summed E-state index contributed by atoms with van der Waals surface area (Å²) >= 11 is 1.74. The van der Waals surface area contributed by atoms with Crippen LogP contribution in [0, 0.1) is 5.82 Å². The van der Waals surface area contributed by atoms with Crippen molar-refractivity contribution in [2.75, 3.05) is 11.9 Å². The quantitative estimate of drug-likeness (QED) is 0.732. The third kappa shape index (κ3) is 2.97. The number of para-hydroxylation sites is 1. The van der Waals surface area contributed by atoms with Gasteiger partial charge < -0.3 is 5.32 Å². The van der Waals surface area contributed by atoms with Crippen molar-refractivity contribution in [3.05, 3.63) is 87.9 Å². The minimum Gasteiger partial charge on any atom is -0.382 e. The molecule has 120 valence electrons. The molecule has 0 amide bonds. The Bertz CT molecular complexity index is 871. The van der Waals surface area contributed by atoms with Crippen LogP contribution in [0.4, 0.5) is 10.1 Å². The highest BCUT2D eigenvalue weighted by atomic mass is 32.1. The maximum atomic E-state index is 14.4. The molecule has 0 saturated heterocycles. The van der Waals surface area contributed by atoms with E-state index in [1.807, 2.05) is 30.3 Å². The second-order valence-corrected chi connectivity index (χ2v) is 6.85.